The molecule has 1 atom stereocenters. The lowest BCUT2D eigenvalue weighted by Gasteiger charge is -2.21. The van der Waals surface area contributed by atoms with Crippen molar-refractivity contribution in [3.63, 3.8) is 0 Å². The molecule has 1 aromatic heterocycles. The van der Waals surface area contributed by atoms with Crippen molar-refractivity contribution < 1.29 is 40.6 Å². The second-order valence-corrected chi connectivity index (χ2v) is 8.97. The third-order valence-corrected chi connectivity index (χ3v) is 6.28. The van der Waals surface area contributed by atoms with Crippen LogP contribution >= 0.6 is 11.3 Å². The molecular weight excluding hydrogens is 494 g/mol. The van der Waals surface area contributed by atoms with E-state index in [0.717, 1.165) is 23.5 Å². The van der Waals surface area contributed by atoms with Gasteiger partial charge in [-0.3, -0.25) is 0 Å². The molecule has 0 radical (unpaired) electrons. The van der Waals surface area contributed by atoms with Gasteiger partial charge in [0.25, 0.3) is 0 Å². The largest absolute Gasteiger partial charge is 0.485 e. The monoisotopic (exact) mass is 516 g/mol. The van der Waals surface area contributed by atoms with Gasteiger partial charge in [-0.2, -0.15) is 26.3 Å². The normalized spacial score (nSPS) is 12.9. The van der Waals surface area contributed by atoms with Crippen molar-refractivity contribution in [1.29, 1.82) is 0 Å². The molecule has 0 aliphatic rings. The van der Waals surface area contributed by atoms with Crippen LogP contribution in [0, 0.1) is 13.8 Å². The summed E-state index contributed by atoms with van der Waals surface area (Å²) in [5, 5.41) is 0. The summed E-state index contributed by atoms with van der Waals surface area (Å²) in [5.41, 5.74) is 1.69. The number of carbonyl (C=O) groups is 1. The van der Waals surface area contributed by atoms with Crippen LogP contribution in [0.25, 0.3) is 11.1 Å². The number of thiophene rings is 1. The molecule has 0 aliphatic heterocycles. The number of aryl methyl sites for hydroxylation is 2. The first kappa shape index (κ1) is 26.6. The number of carbonyl (C=O) groups excluding carboxylic acids is 1. The minimum Gasteiger partial charge on any atom is -0.485 e. The summed E-state index contributed by atoms with van der Waals surface area (Å²) in [4.78, 5) is 12.3. The fraction of sp³-hybridized carbons (Fsp3) is 0.320. The number of ether oxygens (including phenoxy) is 2. The number of hydrogen-bond acceptors (Lipinski definition) is 4. The molecule has 0 fully saturated rings. The van der Waals surface area contributed by atoms with Crippen LogP contribution in [0.3, 0.4) is 0 Å². The first-order valence-corrected chi connectivity index (χ1v) is 11.4. The van der Waals surface area contributed by atoms with E-state index < -0.39 is 36.4 Å². The van der Waals surface area contributed by atoms with Gasteiger partial charge in [-0.1, -0.05) is 12.1 Å². The van der Waals surface area contributed by atoms with Gasteiger partial charge in [0, 0.05) is 4.88 Å². The highest BCUT2D eigenvalue weighted by Gasteiger charge is 2.35. The van der Waals surface area contributed by atoms with Crippen LogP contribution in [-0.2, 0) is 10.9 Å². The fourth-order valence-electron chi connectivity index (χ4n) is 3.69. The third kappa shape index (κ3) is 6.78. The Morgan fingerprint density at radius 1 is 0.943 bits per heavy atom. The lowest BCUT2D eigenvalue weighted by atomic mass is 9.94. The molecule has 1 unspecified atom stereocenters. The molecule has 0 aliphatic carbocycles. The van der Waals surface area contributed by atoms with Crippen molar-refractivity contribution in [3.8, 4) is 16.9 Å². The maximum atomic E-state index is 13.3. The quantitative estimate of drug-likeness (QED) is 0.234. The van der Waals surface area contributed by atoms with Crippen LogP contribution in [0.5, 0.6) is 5.75 Å². The Kier molecular flexibility index (Phi) is 7.83. The summed E-state index contributed by atoms with van der Waals surface area (Å²) in [6.07, 6.45) is -11.6. The lowest BCUT2D eigenvalue weighted by molar-refractivity contribution is -0.151. The second-order valence-electron chi connectivity index (χ2n) is 7.86. The van der Waals surface area contributed by atoms with Gasteiger partial charge < -0.3 is 9.47 Å². The van der Waals surface area contributed by atoms with Crippen LogP contribution in [0.2, 0.25) is 0 Å². The van der Waals surface area contributed by atoms with Crippen LogP contribution < -0.4 is 4.74 Å². The lowest BCUT2D eigenvalue weighted by Crippen LogP contribution is -2.17. The molecule has 0 N–H and O–H groups in total. The van der Waals surface area contributed by atoms with Crippen molar-refractivity contribution in [3.05, 3.63) is 75.0 Å². The number of hydrogen-bond donors (Lipinski definition) is 0. The van der Waals surface area contributed by atoms with E-state index in [4.69, 9.17) is 9.47 Å². The second kappa shape index (κ2) is 10.3. The molecular formula is C25H22F6O3S. The zero-order valence-corrected chi connectivity index (χ0v) is 19.8. The molecule has 1 heterocycles. The summed E-state index contributed by atoms with van der Waals surface area (Å²) >= 11 is 0.869. The molecule has 0 saturated carbocycles. The Morgan fingerprint density at radius 2 is 1.54 bits per heavy atom. The van der Waals surface area contributed by atoms with E-state index in [9.17, 15) is 31.1 Å². The first-order valence-electron chi connectivity index (χ1n) is 10.6. The van der Waals surface area contributed by atoms with Gasteiger partial charge in [0.15, 0.2) is 0 Å². The SMILES string of the molecule is CCOC(=O)c1ccc(C(CC(F)(F)F)Oc2cc(C)c(-c3ccc(C(F)(F)F)cc3)c(C)c2)s1. The molecule has 188 valence electrons. The van der Waals surface area contributed by atoms with E-state index in [1.54, 1.807) is 32.9 Å². The van der Waals surface area contributed by atoms with Crippen LogP contribution in [0.1, 0.15) is 50.7 Å². The van der Waals surface area contributed by atoms with Crippen LogP contribution in [0.15, 0.2) is 48.5 Å². The predicted octanol–water partition coefficient (Wildman–Crippen LogP) is 8.30. The highest BCUT2D eigenvalue weighted by atomic mass is 32.1. The maximum absolute atomic E-state index is 13.3. The minimum atomic E-state index is -4.52. The Morgan fingerprint density at radius 3 is 2.06 bits per heavy atom. The Hall–Kier alpha value is -3.01. The van der Waals surface area contributed by atoms with Gasteiger partial charge in [0.1, 0.15) is 16.7 Å². The van der Waals surface area contributed by atoms with Crippen molar-refractivity contribution in [2.24, 2.45) is 0 Å². The van der Waals surface area contributed by atoms with Gasteiger partial charge in [-0.15, -0.1) is 11.3 Å². The molecule has 3 aromatic rings. The van der Waals surface area contributed by atoms with E-state index in [-0.39, 0.29) is 22.1 Å². The molecule has 2 aromatic carbocycles. The minimum absolute atomic E-state index is 0.137. The van der Waals surface area contributed by atoms with Crippen molar-refractivity contribution in [2.45, 2.75) is 45.6 Å². The fourth-order valence-corrected chi connectivity index (χ4v) is 4.62. The zero-order valence-electron chi connectivity index (χ0n) is 19.0. The number of esters is 1. The number of alkyl halides is 6. The first-order chi connectivity index (χ1) is 16.3. The molecule has 0 bridgehead atoms. The predicted molar refractivity (Wildman–Crippen MR) is 121 cm³/mol. The summed E-state index contributed by atoms with van der Waals surface area (Å²) in [7, 11) is 0. The Balaban J connectivity index is 1.90. The number of halogens is 6. The van der Waals surface area contributed by atoms with E-state index in [1.165, 1.54) is 24.3 Å². The average molecular weight is 517 g/mol. The van der Waals surface area contributed by atoms with Crippen molar-refractivity contribution in [2.75, 3.05) is 6.61 Å². The van der Waals surface area contributed by atoms with E-state index in [1.807, 2.05) is 0 Å². The molecule has 0 saturated heterocycles. The standard InChI is InChI=1S/C25H22F6O3S/c1-4-33-23(32)21-10-9-20(35-21)19(13-24(26,27)28)34-18-11-14(2)22(15(3)12-18)16-5-7-17(8-6-16)25(29,30)31/h5-12,19H,4,13H2,1-3H3. The van der Waals surface area contributed by atoms with Crippen molar-refractivity contribution in [1.82, 2.24) is 0 Å². The molecule has 0 amide bonds. The van der Waals surface area contributed by atoms with Gasteiger partial charge in [-0.05, 0) is 79.4 Å². The molecule has 35 heavy (non-hydrogen) atoms. The van der Waals surface area contributed by atoms with E-state index in [2.05, 4.69) is 0 Å². The summed E-state index contributed by atoms with van der Waals surface area (Å²) < 4.78 is 89.1. The summed E-state index contributed by atoms with van der Waals surface area (Å²) in [6, 6.07) is 10.6. The van der Waals surface area contributed by atoms with E-state index in [0.29, 0.717) is 22.3 Å². The molecule has 10 heteroatoms. The molecule has 3 rings (SSSR count). The number of rotatable bonds is 7. The highest BCUT2D eigenvalue weighted by molar-refractivity contribution is 7.14. The van der Waals surface area contributed by atoms with Gasteiger partial charge in [0.05, 0.1) is 18.6 Å². The Bertz CT molecular complexity index is 1160. The average Bonchev–Trinajstić information content (AvgIpc) is 3.22. The smallest absolute Gasteiger partial charge is 0.416 e. The molecule has 3 nitrogen and oxygen atoms in total. The Labute approximate surface area is 202 Å². The zero-order chi connectivity index (χ0) is 26.0. The molecule has 0 spiro atoms. The number of benzene rings is 2. The van der Waals surface area contributed by atoms with E-state index >= 15 is 0 Å². The third-order valence-electron chi connectivity index (χ3n) is 5.12. The highest BCUT2D eigenvalue weighted by Crippen LogP contribution is 2.39. The summed E-state index contributed by atoms with van der Waals surface area (Å²) in [6.45, 7) is 5.17. The summed E-state index contributed by atoms with van der Waals surface area (Å²) in [5.74, 6) is -0.446. The topological polar surface area (TPSA) is 35.5 Å². The van der Waals surface area contributed by atoms with Gasteiger partial charge in [-0.25, -0.2) is 4.79 Å². The van der Waals surface area contributed by atoms with Gasteiger partial charge in [0.2, 0.25) is 0 Å². The van der Waals surface area contributed by atoms with Crippen LogP contribution in [-0.4, -0.2) is 18.8 Å². The van der Waals surface area contributed by atoms with Gasteiger partial charge >= 0.3 is 18.3 Å². The van der Waals surface area contributed by atoms with Crippen LogP contribution in [0.4, 0.5) is 26.3 Å². The maximum Gasteiger partial charge on any atom is 0.416 e. The van der Waals surface area contributed by atoms with Crippen molar-refractivity contribution >= 4 is 17.3 Å².